The molecule has 5 heteroatoms. The second-order valence-corrected chi connectivity index (χ2v) is 6.27. The van der Waals surface area contributed by atoms with E-state index in [2.05, 4.69) is 24.5 Å². The maximum Gasteiger partial charge on any atom is 0.319 e. The summed E-state index contributed by atoms with van der Waals surface area (Å²) in [5, 5.41) is 14.8. The van der Waals surface area contributed by atoms with Gasteiger partial charge in [-0.05, 0) is 49.3 Å². The molecule has 1 saturated carbocycles. The summed E-state index contributed by atoms with van der Waals surface area (Å²) in [6.07, 6.45) is 2.69. The topological polar surface area (TPSA) is 78.4 Å². The van der Waals surface area contributed by atoms with Crippen molar-refractivity contribution in [2.75, 3.05) is 5.32 Å². The Morgan fingerprint density at radius 2 is 1.86 bits per heavy atom. The number of hydrogen-bond acceptors (Lipinski definition) is 2. The molecule has 120 valence electrons. The molecular formula is C17H24N2O3. The average Bonchev–Trinajstić information content (AvgIpc) is 2.47. The Bertz CT molecular complexity index is 534. The van der Waals surface area contributed by atoms with Crippen molar-refractivity contribution >= 4 is 17.7 Å². The maximum atomic E-state index is 12.0. The Labute approximate surface area is 131 Å². The van der Waals surface area contributed by atoms with E-state index in [-0.39, 0.29) is 18.0 Å². The number of carboxylic acid groups (broad SMARTS) is 1. The highest BCUT2D eigenvalue weighted by molar-refractivity contribution is 5.89. The van der Waals surface area contributed by atoms with E-state index in [4.69, 9.17) is 5.11 Å². The SMILES string of the molecule is CC(C)c1cccc(NC(=O)NC2CCC(C(=O)O)CC2)c1. The van der Waals surface area contributed by atoms with Crippen LogP contribution in [0.4, 0.5) is 10.5 Å². The summed E-state index contributed by atoms with van der Waals surface area (Å²) in [4.78, 5) is 23.0. The quantitative estimate of drug-likeness (QED) is 0.795. The number of hydrogen-bond donors (Lipinski definition) is 3. The van der Waals surface area contributed by atoms with Crippen molar-refractivity contribution in [3.8, 4) is 0 Å². The fourth-order valence-corrected chi connectivity index (χ4v) is 2.81. The summed E-state index contributed by atoms with van der Waals surface area (Å²) in [5.74, 6) is -0.576. The lowest BCUT2D eigenvalue weighted by atomic mass is 9.86. The molecule has 0 atom stereocenters. The fourth-order valence-electron chi connectivity index (χ4n) is 2.81. The van der Waals surface area contributed by atoms with Gasteiger partial charge in [0, 0.05) is 11.7 Å². The van der Waals surface area contributed by atoms with Crippen LogP contribution in [0.1, 0.15) is 51.0 Å². The van der Waals surface area contributed by atoms with Gasteiger partial charge in [-0.2, -0.15) is 0 Å². The van der Waals surface area contributed by atoms with Gasteiger partial charge in [-0.25, -0.2) is 4.79 Å². The van der Waals surface area contributed by atoms with Crippen molar-refractivity contribution in [1.29, 1.82) is 0 Å². The highest BCUT2D eigenvalue weighted by Crippen LogP contribution is 2.24. The third-order valence-corrected chi connectivity index (χ3v) is 4.22. The molecule has 0 bridgehead atoms. The van der Waals surface area contributed by atoms with Crippen molar-refractivity contribution in [3.05, 3.63) is 29.8 Å². The van der Waals surface area contributed by atoms with E-state index in [9.17, 15) is 9.59 Å². The molecule has 3 N–H and O–H groups in total. The van der Waals surface area contributed by atoms with Gasteiger partial charge in [0.2, 0.25) is 0 Å². The second-order valence-electron chi connectivity index (χ2n) is 6.27. The molecule has 0 aliphatic heterocycles. The third kappa shape index (κ3) is 4.48. The van der Waals surface area contributed by atoms with E-state index >= 15 is 0 Å². The minimum absolute atomic E-state index is 0.0591. The molecule has 0 heterocycles. The maximum absolute atomic E-state index is 12.0. The van der Waals surface area contributed by atoms with E-state index in [0.29, 0.717) is 18.8 Å². The molecule has 1 aliphatic carbocycles. The summed E-state index contributed by atoms with van der Waals surface area (Å²) in [7, 11) is 0. The van der Waals surface area contributed by atoms with E-state index in [0.717, 1.165) is 18.5 Å². The van der Waals surface area contributed by atoms with Crippen LogP contribution in [0.15, 0.2) is 24.3 Å². The highest BCUT2D eigenvalue weighted by Gasteiger charge is 2.26. The first kappa shape index (κ1) is 16.3. The van der Waals surface area contributed by atoms with Crippen LogP contribution in [0.5, 0.6) is 0 Å². The summed E-state index contributed by atoms with van der Waals surface area (Å²) in [6, 6.07) is 7.66. The molecule has 0 unspecified atom stereocenters. The highest BCUT2D eigenvalue weighted by atomic mass is 16.4. The molecule has 0 saturated heterocycles. The Kier molecular flexibility index (Phi) is 5.41. The van der Waals surface area contributed by atoms with E-state index in [1.54, 1.807) is 0 Å². The monoisotopic (exact) mass is 304 g/mol. The molecule has 2 rings (SSSR count). The summed E-state index contributed by atoms with van der Waals surface area (Å²) in [5.41, 5.74) is 1.96. The standard InChI is InChI=1S/C17H24N2O3/c1-11(2)13-4-3-5-15(10-13)19-17(22)18-14-8-6-12(7-9-14)16(20)21/h3-5,10-12,14H,6-9H2,1-2H3,(H,20,21)(H2,18,19,22). The first-order chi connectivity index (χ1) is 10.5. The summed E-state index contributed by atoms with van der Waals surface area (Å²) < 4.78 is 0. The van der Waals surface area contributed by atoms with Gasteiger partial charge in [-0.15, -0.1) is 0 Å². The molecule has 1 aromatic rings. The number of rotatable bonds is 4. The first-order valence-corrected chi connectivity index (χ1v) is 7.86. The lowest BCUT2D eigenvalue weighted by Crippen LogP contribution is -2.41. The molecule has 0 aromatic heterocycles. The van der Waals surface area contributed by atoms with Gasteiger partial charge in [0.25, 0.3) is 0 Å². The number of urea groups is 1. The summed E-state index contributed by atoms with van der Waals surface area (Å²) >= 11 is 0. The second kappa shape index (κ2) is 7.29. The van der Waals surface area contributed by atoms with Crippen molar-refractivity contribution in [3.63, 3.8) is 0 Å². The zero-order valence-electron chi connectivity index (χ0n) is 13.1. The lowest BCUT2D eigenvalue weighted by Gasteiger charge is -2.26. The van der Waals surface area contributed by atoms with Crippen LogP contribution in [0.25, 0.3) is 0 Å². The van der Waals surface area contributed by atoms with Crippen LogP contribution in [0.3, 0.4) is 0 Å². The van der Waals surface area contributed by atoms with Gasteiger partial charge in [-0.3, -0.25) is 4.79 Å². The molecule has 0 radical (unpaired) electrons. The van der Waals surface area contributed by atoms with E-state index in [1.807, 2.05) is 24.3 Å². The Balaban J connectivity index is 1.83. The third-order valence-electron chi connectivity index (χ3n) is 4.22. The van der Waals surface area contributed by atoms with Crippen molar-refractivity contribution in [1.82, 2.24) is 5.32 Å². The molecule has 5 nitrogen and oxygen atoms in total. The Morgan fingerprint density at radius 1 is 1.18 bits per heavy atom. The zero-order valence-corrected chi connectivity index (χ0v) is 13.1. The van der Waals surface area contributed by atoms with E-state index in [1.165, 1.54) is 5.56 Å². The van der Waals surface area contributed by atoms with E-state index < -0.39 is 5.97 Å². The van der Waals surface area contributed by atoms with Gasteiger partial charge in [-0.1, -0.05) is 26.0 Å². The molecule has 1 fully saturated rings. The van der Waals surface area contributed by atoms with Crippen molar-refractivity contribution in [2.24, 2.45) is 5.92 Å². The van der Waals surface area contributed by atoms with Crippen LogP contribution in [-0.2, 0) is 4.79 Å². The predicted molar refractivity (Wildman–Crippen MR) is 86.1 cm³/mol. The number of aliphatic carboxylic acids is 1. The zero-order chi connectivity index (χ0) is 16.1. The smallest absolute Gasteiger partial charge is 0.319 e. The molecule has 22 heavy (non-hydrogen) atoms. The van der Waals surface area contributed by atoms with Crippen LogP contribution in [-0.4, -0.2) is 23.1 Å². The van der Waals surface area contributed by atoms with Crippen LogP contribution < -0.4 is 10.6 Å². The van der Waals surface area contributed by atoms with Gasteiger partial charge < -0.3 is 15.7 Å². The minimum atomic E-state index is -0.728. The number of carbonyl (C=O) groups excluding carboxylic acids is 1. The normalized spacial score (nSPS) is 21.4. The van der Waals surface area contributed by atoms with Crippen LogP contribution in [0, 0.1) is 5.92 Å². The fraction of sp³-hybridized carbons (Fsp3) is 0.529. The van der Waals surface area contributed by atoms with Gasteiger partial charge in [0.05, 0.1) is 5.92 Å². The Morgan fingerprint density at radius 3 is 2.45 bits per heavy atom. The van der Waals surface area contributed by atoms with Crippen molar-refractivity contribution < 1.29 is 14.7 Å². The Hall–Kier alpha value is -2.04. The number of carboxylic acids is 1. The number of amides is 2. The van der Waals surface area contributed by atoms with Gasteiger partial charge in [0.15, 0.2) is 0 Å². The molecule has 1 aliphatic rings. The number of nitrogens with one attached hydrogen (secondary N) is 2. The first-order valence-electron chi connectivity index (χ1n) is 7.86. The molecule has 2 amide bonds. The van der Waals surface area contributed by atoms with Gasteiger partial charge in [0.1, 0.15) is 0 Å². The number of benzene rings is 1. The molecule has 0 spiro atoms. The largest absolute Gasteiger partial charge is 0.481 e. The van der Waals surface area contributed by atoms with Crippen molar-refractivity contribution in [2.45, 2.75) is 51.5 Å². The van der Waals surface area contributed by atoms with Crippen LogP contribution >= 0.6 is 0 Å². The summed E-state index contributed by atoms with van der Waals surface area (Å²) in [6.45, 7) is 4.22. The molecular weight excluding hydrogens is 280 g/mol. The lowest BCUT2D eigenvalue weighted by molar-refractivity contribution is -0.142. The average molecular weight is 304 g/mol. The predicted octanol–water partition coefficient (Wildman–Crippen LogP) is 3.57. The minimum Gasteiger partial charge on any atom is -0.481 e. The van der Waals surface area contributed by atoms with Gasteiger partial charge >= 0.3 is 12.0 Å². The van der Waals surface area contributed by atoms with Crippen LogP contribution in [0.2, 0.25) is 0 Å². The number of anilines is 1. The number of carbonyl (C=O) groups is 2. The molecule has 1 aromatic carbocycles.